The predicted octanol–water partition coefficient (Wildman–Crippen LogP) is 3.41. The summed E-state index contributed by atoms with van der Waals surface area (Å²) in [6.07, 6.45) is -4.42. The van der Waals surface area contributed by atoms with Crippen LogP contribution in [0.5, 0.6) is 0 Å². The maximum Gasteiger partial charge on any atom is 0.416 e. The number of carboxylic acids is 1. The van der Waals surface area contributed by atoms with Gasteiger partial charge in [-0.3, -0.25) is 4.79 Å². The molecule has 0 amide bonds. The lowest BCUT2D eigenvalue weighted by Crippen LogP contribution is -2.17. The molecule has 1 heterocycles. The second-order valence-electron chi connectivity index (χ2n) is 4.77. The van der Waals surface area contributed by atoms with Gasteiger partial charge in [0.25, 0.3) is 0 Å². The Labute approximate surface area is 112 Å². The monoisotopic (exact) mass is 286 g/mol. The Kier molecular flexibility index (Phi) is 3.45. The summed E-state index contributed by atoms with van der Waals surface area (Å²) in [4.78, 5) is 17.8. The molecule has 0 aliphatic rings. The fourth-order valence-corrected chi connectivity index (χ4v) is 1.87. The highest BCUT2D eigenvalue weighted by Gasteiger charge is 2.31. The van der Waals surface area contributed by atoms with Crippen molar-refractivity contribution in [2.24, 2.45) is 5.92 Å². The highest BCUT2D eigenvalue weighted by molar-refractivity contribution is 5.76. The van der Waals surface area contributed by atoms with Gasteiger partial charge in [0.1, 0.15) is 5.82 Å². The number of fused-ring (bicyclic) bond motifs is 1. The zero-order valence-corrected chi connectivity index (χ0v) is 10.8. The van der Waals surface area contributed by atoms with Crippen molar-refractivity contribution in [1.29, 1.82) is 0 Å². The number of hydrogen-bond acceptors (Lipinski definition) is 2. The number of nitrogens with one attached hydrogen (secondary N) is 1. The number of hydrogen-bond donors (Lipinski definition) is 2. The van der Waals surface area contributed by atoms with E-state index in [0.29, 0.717) is 11.3 Å². The van der Waals surface area contributed by atoms with Crippen molar-refractivity contribution in [2.45, 2.75) is 25.9 Å². The van der Waals surface area contributed by atoms with Crippen LogP contribution in [-0.2, 0) is 11.0 Å². The molecule has 0 spiro atoms. The highest BCUT2D eigenvalue weighted by Crippen LogP contribution is 2.32. The number of H-pyrrole nitrogens is 1. The van der Waals surface area contributed by atoms with Gasteiger partial charge in [-0.2, -0.15) is 13.2 Å². The lowest BCUT2D eigenvalue weighted by atomic mass is 9.96. The van der Waals surface area contributed by atoms with Gasteiger partial charge in [0, 0.05) is 5.92 Å². The molecule has 2 rings (SSSR count). The summed E-state index contributed by atoms with van der Waals surface area (Å²) in [5, 5.41) is 8.95. The maximum absolute atomic E-state index is 12.6. The van der Waals surface area contributed by atoms with Crippen molar-refractivity contribution in [3.63, 3.8) is 0 Å². The molecule has 0 radical (unpaired) electrons. The summed E-state index contributed by atoms with van der Waals surface area (Å²) in [6.45, 7) is 3.20. The van der Waals surface area contributed by atoms with Crippen molar-refractivity contribution in [3.8, 4) is 0 Å². The van der Waals surface area contributed by atoms with E-state index in [0.717, 1.165) is 12.1 Å². The third kappa shape index (κ3) is 2.61. The number of rotatable bonds is 3. The summed E-state index contributed by atoms with van der Waals surface area (Å²) in [6, 6.07) is 3.21. The van der Waals surface area contributed by atoms with Crippen molar-refractivity contribution < 1.29 is 23.1 Å². The minimum absolute atomic E-state index is 0.249. The summed E-state index contributed by atoms with van der Waals surface area (Å²) >= 11 is 0. The van der Waals surface area contributed by atoms with E-state index in [1.807, 2.05) is 0 Å². The number of aromatic nitrogens is 2. The number of aromatic amines is 1. The zero-order chi connectivity index (χ0) is 15.1. The summed E-state index contributed by atoms with van der Waals surface area (Å²) < 4.78 is 37.8. The normalized spacial score (nSPS) is 15.2. The number of halogens is 3. The van der Waals surface area contributed by atoms with Gasteiger partial charge in [0.05, 0.1) is 22.5 Å². The van der Waals surface area contributed by atoms with Crippen molar-refractivity contribution in [3.05, 3.63) is 29.6 Å². The minimum atomic E-state index is -4.42. The average Bonchev–Trinajstić information content (AvgIpc) is 2.78. The fourth-order valence-electron chi connectivity index (χ4n) is 1.87. The molecule has 108 valence electrons. The van der Waals surface area contributed by atoms with Gasteiger partial charge < -0.3 is 10.1 Å². The fraction of sp³-hybridized carbons (Fsp3) is 0.385. The Morgan fingerprint density at radius 3 is 2.55 bits per heavy atom. The van der Waals surface area contributed by atoms with Crippen LogP contribution in [0, 0.1) is 5.92 Å². The van der Waals surface area contributed by atoms with Crippen LogP contribution in [-0.4, -0.2) is 21.0 Å². The smallest absolute Gasteiger partial charge is 0.416 e. The van der Waals surface area contributed by atoms with E-state index in [1.165, 1.54) is 13.0 Å². The second kappa shape index (κ2) is 4.81. The number of benzene rings is 1. The largest absolute Gasteiger partial charge is 0.481 e. The van der Waals surface area contributed by atoms with Gasteiger partial charge in [-0.15, -0.1) is 0 Å². The van der Waals surface area contributed by atoms with Gasteiger partial charge in [0.15, 0.2) is 0 Å². The molecule has 0 aliphatic heterocycles. The first-order valence-electron chi connectivity index (χ1n) is 6.00. The van der Waals surface area contributed by atoms with Gasteiger partial charge in [-0.1, -0.05) is 13.8 Å². The van der Waals surface area contributed by atoms with Crippen molar-refractivity contribution in [2.75, 3.05) is 0 Å². The van der Waals surface area contributed by atoms with E-state index in [4.69, 9.17) is 5.11 Å². The number of imidazole rings is 1. The molecule has 0 saturated heterocycles. The Bertz CT molecular complexity index is 649. The van der Waals surface area contributed by atoms with Gasteiger partial charge in [-0.05, 0) is 18.2 Å². The highest BCUT2D eigenvalue weighted by atomic mass is 19.4. The molecule has 20 heavy (non-hydrogen) atoms. The Hall–Kier alpha value is -2.05. The average molecular weight is 286 g/mol. The van der Waals surface area contributed by atoms with Crippen LogP contribution in [0.3, 0.4) is 0 Å². The number of carbonyl (C=O) groups is 1. The van der Waals surface area contributed by atoms with Crippen LogP contribution in [0.25, 0.3) is 11.0 Å². The Balaban J connectivity index is 2.41. The maximum atomic E-state index is 12.6. The van der Waals surface area contributed by atoms with Crippen LogP contribution in [0.1, 0.15) is 31.2 Å². The van der Waals surface area contributed by atoms with Gasteiger partial charge >= 0.3 is 12.1 Å². The van der Waals surface area contributed by atoms with E-state index < -0.39 is 29.5 Å². The molecule has 1 aromatic heterocycles. The number of carboxylic acid groups (broad SMARTS) is 1. The molecule has 0 bridgehead atoms. The SMILES string of the molecule is CC(C(=O)O)C(C)c1nc2ccc(C(F)(F)F)cc2[nH]1. The van der Waals surface area contributed by atoms with Crippen LogP contribution in [0.15, 0.2) is 18.2 Å². The molecule has 1 aromatic carbocycles. The molecule has 4 nitrogen and oxygen atoms in total. The third-order valence-electron chi connectivity index (χ3n) is 3.40. The quantitative estimate of drug-likeness (QED) is 0.908. The Morgan fingerprint density at radius 1 is 1.35 bits per heavy atom. The molecule has 2 aromatic rings. The summed E-state index contributed by atoms with van der Waals surface area (Å²) in [5.74, 6) is -1.71. The topological polar surface area (TPSA) is 66.0 Å². The van der Waals surface area contributed by atoms with Gasteiger partial charge in [-0.25, -0.2) is 4.98 Å². The van der Waals surface area contributed by atoms with Gasteiger partial charge in [0.2, 0.25) is 0 Å². The molecule has 0 saturated carbocycles. The predicted molar refractivity (Wildman–Crippen MR) is 66.3 cm³/mol. The van der Waals surface area contributed by atoms with Crippen LogP contribution in [0.2, 0.25) is 0 Å². The van der Waals surface area contributed by atoms with Crippen molar-refractivity contribution in [1.82, 2.24) is 9.97 Å². The second-order valence-corrected chi connectivity index (χ2v) is 4.77. The number of aliphatic carboxylic acids is 1. The molecular formula is C13H13F3N2O2. The first kappa shape index (κ1) is 14.4. The van der Waals surface area contributed by atoms with E-state index in [9.17, 15) is 18.0 Å². The molecular weight excluding hydrogens is 273 g/mol. The molecule has 2 atom stereocenters. The van der Waals surface area contributed by atoms with E-state index in [-0.39, 0.29) is 5.52 Å². The summed E-state index contributed by atoms with van der Waals surface area (Å²) in [5.41, 5.74) is -0.129. The van der Waals surface area contributed by atoms with Crippen LogP contribution < -0.4 is 0 Å². The lowest BCUT2D eigenvalue weighted by Gasteiger charge is -2.12. The summed E-state index contributed by atoms with van der Waals surface area (Å²) in [7, 11) is 0. The number of nitrogens with zero attached hydrogens (tertiary/aromatic N) is 1. The third-order valence-corrected chi connectivity index (χ3v) is 3.40. The Morgan fingerprint density at radius 2 is 2.00 bits per heavy atom. The standard InChI is InChI=1S/C13H13F3N2O2/c1-6(7(2)12(19)20)11-17-9-4-3-8(13(14,15)16)5-10(9)18-11/h3-7H,1-2H3,(H,17,18)(H,19,20). The molecule has 2 N–H and O–H groups in total. The molecule has 0 fully saturated rings. The van der Waals surface area contributed by atoms with E-state index in [2.05, 4.69) is 9.97 Å². The first-order chi connectivity index (χ1) is 9.20. The number of alkyl halides is 3. The molecule has 0 aliphatic carbocycles. The molecule has 7 heteroatoms. The van der Waals surface area contributed by atoms with Crippen molar-refractivity contribution >= 4 is 17.0 Å². The van der Waals surface area contributed by atoms with Crippen LogP contribution >= 0.6 is 0 Å². The zero-order valence-electron chi connectivity index (χ0n) is 10.8. The first-order valence-corrected chi connectivity index (χ1v) is 6.00. The van der Waals surface area contributed by atoms with E-state index in [1.54, 1.807) is 6.92 Å². The van der Waals surface area contributed by atoms with E-state index >= 15 is 0 Å². The molecule has 2 unspecified atom stereocenters. The van der Waals surface area contributed by atoms with Crippen LogP contribution in [0.4, 0.5) is 13.2 Å². The minimum Gasteiger partial charge on any atom is -0.481 e. The lowest BCUT2D eigenvalue weighted by molar-refractivity contribution is -0.141.